The summed E-state index contributed by atoms with van der Waals surface area (Å²) < 4.78 is 5.22. The summed E-state index contributed by atoms with van der Waals surface area (Å²) >= 11 is 0. The van der Waals surface area contributed by atoms with Gasteiger partial charge in [-0.2, -0.15) is 0 Å². The number of amides is 1. The highest BCUT2D eigenvalue weighted by Crippen LogP contribution is 2.18. The molecule has 1 N–H and O–H groups in total. The lowest BCUT2D eigenvalue weighted by Gasteiger charge is -2.05. The van der Waals surface area contributed by atoms with Crippen LogP contribution in [0, 0.1) is 0 Å². The van der Waals surface area contributed by atoms with E-state index in [0.717, 1.165) is 5.56 Å². The van der Waals surface area contributed by atoms with Gasteiger partial charge >= 0.3 is 0 Å². The summed E-state index contributed by atoms with van der Waals surface area (Å²) in [5, 5.41) is 2.73. The second-order valence-electron chi connectivity index (χ2n) is 4.70. The zero-order chi connectivity index (χ0) is 15.9. The van der Waals surface area contributed by atoms with Gasteiger partial charge in [-0.25, -0.2) is 0 Å². The van der Waals surface area contributed by atoms with E-state index in [4.69, 9.17) is 4.74 Å². The van der Waals surface area contributed by atoms with Crippen molar-refractivity contribution < 1.29 is 14.3 Å². The summed E-state index contributed by atoms with van der Waals surface area (Å²) in [6.45, 7) is 1.49. The van der Waals surface area contributed by atoms with E-state index < -0.39 is 0 Å². The molecule has 4 heteroatoms. The first-order valence-electron chi connectivity index (χ1n) is 6.83. The van der Waals surface area contributed by atoms with Crippen LogP contribution in [0.3, 0.4) is 0 Å². The van der Waals surface area contributed by atoms with Gasteiger partial charge in [-0.15, -0.1) is 0 Å². The van der Waals surface area contributed by atoms with Crippen LogP contribution in [0.1, 0.15) is 22.8 Å². The van der Waals surface area contributed by atoms with Crippen LogP contribution in [0.4, 0.5) is 5.69 Å². The summed E-state index contributed by atoms with van der Waals surface area (Å²) in [5.74, 6) is 0.386. The fourth-order valence-electron chi connectivity index (χ4n) is 1.97. The van der Waals surface area contributed by atoms with Gasteiger partial charge in [0.05, 0.1) is 7.11 Å². The van der Waals surface area contributed by atoms with E-state index in [1.807, 2.05) is 24.3 Å². The standard InChI is InChI=1S/C18H17NO3/c1-13(20)15-7-5-8-16(12-15)19-18(21)11-10-14-6-3-4-9-17(14)22-2/h3-12H,1-2H3,(H,19,21)/b11-10+. The summed E-state index contributed by atoms with van der Waals surface area (Å²) in [4.78, 5) is 23.3. The molecule has 0 unspecified atom stereocenters. The van der Waals surface area contributed by atoms with E-state index in [-0.39, 0.29) is 11.7 Å². The number of rotatable bonds is 5. The molecule has 0 aliphatic heterocycles. The van der Waals surface area contributed by atoms with E-state index in [0.29, 0.717) is 17.0 Å². The number of nitrogens with one attached hydrogen (secondary N) is 1. The predicted octanol–water partition coefficient (Wildman–Crippen LogP) is 3.55. The van der Waals surface area contributed by atoms with Gasteiger partial charge < -0.3 is 10.1 Å². The average molecular weight is 295 g/mol. The van der Waals surface area contributed by atoms with Crippen LogP contribution in [0.15, 0.2) is 54.6 Å². The van der Waals surface area contributed by atoms with Crippen molar-refractivity contribution >= 4 is 23.5 Å². The summed E-state index contributed by atoms with van der Waals surface area (Å²) in [6.07, 6.45) is 3.11. The van der Waals surface area contributed by atoms with Gasteiger partial charge in [0.2, 0.25) is 5.91 Å². The van der Waals surface area contributed by atoms with Crippen molar-refractivity contribution in [2.45, 2.75) is 6.92 Å². The van der Waals surface area contributed by atoms with Crippen LogP contribution in [-0.2, 0) is 4.79 Å². The molecule has 4 nitrogen and oxygen atoms in total. The number of methoxy groups -OCH3 is 1. The Morgan fingerprint density at radius 1 is 1.09 bits per heavy atom. The number of para-hydroxylation sites is 1. The van der Waals surface area contributed by atoms with Crippen molar-refractivity contribution in [3.05, 3.63) is 65.7 Å². The molecule has 112 valence electrons. The van der Waals surface area contributed by atoms with Crippen LogP contribution in [-0.4, -0.2) is 18.8 Å². The molecule has 0 fully saturated rings. The SMILES string of the molecule is COc1ccccc1/C=C/C(=O)Nc1cccc(C(C)=O)c1. The zero-order valence-electron chi connectivity index (χ0n) is 12.5. The third-order valence-electron chi connectivity index (χ3n) is 3.09. The van der Waals surface area contributed by atoms with Crippen LogP contribution in [0.5, 0.6) is 5.75 Å². The maximum atomic E-state index is 11.9. The van der Waals surface area contributed by atoms with Crippen LogP contribution >= 0.6 is 0 Å². The van der Waals surface area contributed by atoms with Gasteiger partial charge in [0.25, 0.3) is 0 Å². The molecule has 0 aliphatic rings. The van der Waals surface area contributed by atoms with Gasteiger partial charge in [-0.1, -0.05) is 30.3 Å². The van der Waals surface area contributed by atoms with E-state index in [1.54, 1.807) is 37.5 Å². The zero-order valence-corrected chi connectivity index (χ0v) is 12.5. The van der Waals surface area contributed by atoms with Crippen molar-refractivity contribution in [1.82, 2.24) is 0 Å². The number of carbonyl (C=O) groups is 2. The Morgan fingerprint density at radius 2 is 1.86 bits per heavy atom. The number of ketones is 1. The van der Waals surface area contributed by atoms with Crippen LogP contribution < -0.4 is 10.1 Å². The van der Waals surface area contributed by atoms with Crippen LogP contribution in [0.25, 0.3) is 6.08 Å². The molecule has 0 saturated carbocycles. The maximum absolute atomic E-state index is 11.9. The van der Waals surface area contributed by atoms with Crippen molar-refractivity contribution in [2.24, 2.45) is 0 Å². The topological polar surface area (TPSA) is 55.4 Å². The minimum Gasteiger partial charge on any atom is -0.496 e. The molecule has 1 amide bonds. The van der Waals surface area contributed by atoms with E-state index in [1.165, 1.54) is 13.0 Å². The Bertz CT molecular complexity index is 720. The largest absolute Gasteiger partial charge is 0.496 e. The first kappa shape index (κ1) is 15.5. The molecule has 0 spiro atoms. The van der Waals surface area contributed by atoms with Gasteiger partial charge in [-0.05, 0) is 31.2 Å². The maximum Gasteiger partial charge on any atom is 0.248 e. The molecular formula is C18H17NO3. The number of hydrogen-bond acceptors (Lipinski definition) is 3. The smallest absolute Gasteiger partial charge is 0.248 e. The average Bonchev–Trinajstić information content (AvgIpc) is 2.53. The lowest BCUT2D eigenvalue weighted by atomic mass is 10.1. The lowest BCUT2D eigenvalue weighted by molar-refractivity contribution is -0.111. The highest BCUT2D eigenvalue weighted by Gasteiger charge is 2.03. The van der Waals surface area contributed by atoms with Crippen molar-refractivity contribution in [3.63, 3.8) is 0 Å². The summed E-state index contributed by atoms with van der Waals surface area (Å²) in [6, 6.07) is 14.3. The molecule has 22 heavy (non-hydrogen) atoms. The number of ether oxygens (including phenoxy) is 1. The van der Waals surface area contributed by atoms with E-state index in [2.05, 4.69) is 5.32 Å². The Balaban J connectivity index is 2.08. The molecule has 0 radical (unpaired) electrons. The Hall–Kier alpha value is -2.88. The van der Waals surface area contributed by atoms with Crippen molar-refractivity contribution in [3.8, 4) is 5.75 Å². The third kappa shape index (κ3) is 4.06. The fraction of sp³-hybridized carbons (Fsp3) is 0.111. The number of carbonyl (C=O) groups excluding carboxylic acids is 2. The first-order chi connectivity index (χ1) is 10.6. The molecule has 0 aromatic heterocycles. The lowest BCUT2D eigenvalue weighted by Crippen LogP contribution is -2.08. The van der Waals surface area contributed by atoms with Crippen molar-refractivity contribution in [2.75, 3.05) is 12.4 Å². The van der Waals surface area contributed by atoms with Crippen LogP contribution in [0.2, 0.25) is 0 Å². The Morgan fingerprint density at radius 3 is 2.59 bits per heavy atom. The Kier molecular flexibility index (Phi) is 5.09. The van der Waals surface area contributed by atoms with Gasteiger partial charge in [0, 0.05) is 22.9 Å². The second-order valence-corrected chi connectivity index (χ2v) is 4.70. The normalized spacial score (nSPS) is 10.5. The first-order valence-corrected chi connectivity index (χ1v) is 6.83. The minimum atomic E-state index is -0.272. The molecule has 0 aliphatic carbocycles. The molecule has 0 heterocycles. The number of hydrogen-bond donors (Lipinski definition) is 1. The Labute approximate surface area is 129 Å². The molecular weight excluding hydrogens is 278 g/mol. The second kappa shape index (κ2) is 7.22. The highest BCUT2D eigenvalue weighted by molar-refractivity contribution is 6.03. The predicted molar refractivity (Wildman–Crippen MR) is 87.1 cm³/mol. The fourth-order valence-corrected chi connectivity index (χ4v) is 1.97. The summed E-state index contributed by atoms with van der Waals surface area (Å²) in [7, 11) is 1.58. The molecule has 0 saturated heterocycles. The molecule has 2 aromatic rings. The highest BCUT2D eigenvalue weighted by atomic mass is 16.5. The van der Waals surface area contributed by atoms with Gasteiger partial charge in [0.15, 0.2) is 5.78 Å². The molecule has 2 rings (SSSR count). The van der Waals surface area contributed by atoms with Gasteiger partial charge in [-0.3, -0.25) is 9.59 Å². The van der Waals surface area contributed by atoms with Gasteiger partial charge in [0.1, 0.15) is 5.75 Å². The summed E-state index contributed by atoms with van der Waals surface area (Å²) in [5.41, 5.74) is 1.96. The number of anilines is 1. The molecule has 0 atom stereocenters. The van der Waals surface area contributed by atoms with Crippen molar-refractivity contribution in [1.29, 1.82) is 0 Å². The molecule has 0 bridgehead atoms. The quantitative estimate of drug-likeness (QED) is 0.678. The minimum absolute atomic E-state index is 0.0411. The number of benzene rings is 2. The number of Topliss-reactive ketones (excluding diaryl/α,β-unsaturated/α-hetero) is 1. The van der Waals surface area contributed by atoms with E-state index >= 15 is 0 Å². The molecule has 2 aromatic carbocycles. The monoisotopic (exact) mass is 295 g/mol. The van der Waals surface area contributed by atoms with E-state index in [9.17, 15) is 9.59 Å². The third-order valence-corrected chi connectivity index (χ3v) is 3.09.